The molecule has 0 unspecified atom stereocenters. The van der Waals surface area contributed by atoms with Crippen LogP contribution in [0.5, 0.6) is 0 Å². The summed E-state index contributed by atoms with van der Waals surface area (Å²) >= 11 is 1.54. The molecule has 0 bridgehead atoms. The lowest BCUT2D eigenvalue weighted by molar-refractivity contribution is -0.116. The fourth-order valence-corrected chi connectivity index (χ4v) is 2.95. The standard InChI is InChI=1S/C14H16N2OS/c1-9-5-7-12(8-6-9)13-10(2)18-14(16(13)4)15-11(3)17/h5-8H,1-4H3. The fourth-order valence-electron chi connectivity index (χ4n) is 1.93. The van der Waals surface area contributed by atoms with Gasteiger partial charge in [-0.3, -0.25) is 4.79 Å². The number of nitrogens with zero attached hydrogens (tertiary/aromatic N) is 2. The molecular weight excluding hydrogens is 244 g/mol. The number of benzene rings is 1. The van der Waals surface area contributed by atoms with Crippen molar-refractivity contribution >= 4 is 17.2 Å². The Balaban J connectivity index is 2.62. The summed E-state index contributed by atoms with van der Waals surface area (Å²) in [5.74, 6) is -0.165. The second-order valence-corrected chi connectivity index (χ2v) is 5.53. The number of hydrogen-bond donors (Lipinski definition) is 0. The minimum atomic E-state index is -0.165. The zero-order valence-electron chi connectivity index (χ0n) is 11.0. The molecule has 0 aliphatic heterocycles. The normalized spacial score (nSPS) is 11.9. The highest BCUT2D eigenvalue weighted by Gasteiger charge is 2.09. The molecule has 2 rings (SSSR count). The molecule has 0 N–H and O–H groups in total. The van der Waals surface area contributed by atoms with Crippen LogP contribution in [-0.2, 0) is 11.8 Å². The van der Waals surface area contributed by atoms with Crippen molar-refractivity contribution < 1.29 is 4.79 Å². The summed E-state index contributed by atoms with van der Waals surface area (Å²) in [5.41, 5.74) is 3.52. The number of aryl methyl sites for hydroxylation is 2. The average Bonchev–Trinajstić information content (AvgIpc) is 2.55. The summed E-state index contributed by atoms with van der Waals surface area (Å²) in [4.78, 5) is 17.0. The Labute approximate surface area is 110 Å². The molecule has 0 saturated heterocycles. The summed E-state index contributed by atoms with van der Waals surface area (Å²) in [6.07, 6.45) is 0. The average molecular weight is 260 g/mol. The first kappa shape index (κ1) is 12.8. The van der Waals surface area contributed by atoms with Crippen LogP contribution in [0.25, 0.3) is 11.3 Å². The minimum Gasteiger partial charge on any atom is -0.319 e. The summed E-state index contributed by atoms with van der Waals surface area (Å²) in [6.45, 7) is 5.60. The Hall–Kier alpha value is -1.68. The molecule has 1 amide bonds. The van der Waals surface area contributed by atoms with E-state index in [1.54, 1.807) is 11.3 Å². The predicted octanol–water partition coefficient (Wildman–Crippen LogP) is 2.82. The third-order valence-electron chi connectivity index (χ3n) is 2.78. The predicted molar refractivity (Wildman–Crippen MR) is 74.4 cm³/mol. The van der Waals surface area contributed by atoms with Gasteiger partial charge in [0.05, 0.1) is 5.69 Å². The van der Waals surface area contributed by atoms with Gasteiger partial charge >= 0.3 is 0 Å². The van der Waals surface area contributed by atoms with Crippen molar-refractivity contribution in [3.05, 3.63) is 39.5 Å². The van der Waals surface area contributed by atoms with Crippen molar-refractivity contribution in [3.63, 3.8) is 0 Å². The van der Waals surface area contributed by atoms with E-state index in [-0.39, 0.29) is 5.91 Å². The van der Waals surface area contributed by atoms with E-state index in [0.717, 1.165) is 16.1 Å². The molecule has 3 nitrogen and oxygen atoms in total. The van der Waals surface area contributed by atoms with Crippen LogP contribution in [0.4, 0.5) is 0 Å². The molecule has 18 heavy (non-hydrogen) atoms. The van der Waals surface area contributed by atoms with Gasteiger partial charge in [0.2, 0.25) is 5.91 Å². The summed E-state index contributed by atoms with van der Waals surface area (Å²) in [5, 5.41) is 0. The van der Waals surface area contributed by atoms with E-state index in [9.17, 15) is 4.79 Å². The van der Waals surface area contributed by atoms with Crippen LogP contribution in [0.1, 0.15) is 17.4 Å². The molecular formula is C14H16N2OS. The highest BCUT2D eigenvalue weighted by molar-refractivity contribution is 7.09. The smallest absolute Gasteiger partial charge is 0.245 e. The molecule has 2 aromatic rings. The summed E-state index contributed by atoms with van der Waals surface area (Å²) < 4.78 is 1.98. The number of rotatable bonds is 1. The third-order valence-corrected chi connectivity index (χ3v) is 3.83. The maximum Gasteiger partial charge on any atom is 0.245 e. The van der Waals surface area contributed by atoms with Crippen LogP contribution in [0, 0.1) is 13.8 Å². The van der Waals surface area contributed by atoms with Crippen LogP contribution in [0.3, 0.4) is 0 Å². The topological polar surface area (TPSA) is 34.4 Å². The van der Waals surface area contributed by atoms with Gasteiger partial charge in [-0.2, -0.15) is 4.99 Å². The van der Waals surface area contributed by atoms with Gasteiger partial charge in [-0.05, 0) is 19.4 Å². The van der Waals surface area contributed by atoms with Gasteiger partial charge < -0.3 is 4.57 Å². The Kier molecular flexibility index (Phi) is 3.48. The largest absolute Gasteiger partial charge is 0.319 e. The van der Waals surface area contributed by atoms with E-state index in [1.165, 1.54) is 17.4 Å². The first-order valence-corrected chi connectivity index (χ1v) is 6.59. The number of thiazole rings is 1. The highest BCUT2D eigenvalue weighted by atomic mass is 32.1. The first-order chi connectivity index (χ1) is 8.49. The van der Waals surface area contributed by atoms with Gasteiger partial charge in [0.15, 0.2) is 4.80 Å². The van der Waals surface area contributed by atoms with Crippen LogP contribution in [0.15, 0.2) is 29.3 Å². The Morgan fingerprint density at radius 2 is 1.83 bits per heavy atom. The van der Waals surface area contributed by atoms with Gasteiger partial charge in [-0.15, -0.1) is 11.3 Å². The van der Waals surface area contributed by atoms with Gasteiger partial charge in [-0.25, -0.2) is 0 Å². The quantitative estimate of drug-likeness (QED) is 0.776. The van der Waals surface area contributed by atoms with Crippen molar-refractivity contribution in [2.75, 3.05) is 0 Å². The van der Waals surface area contributed by atoms with Crippen molar-refractivity contribution in [2.45, 2.75) is 20.8 Å². The molecule has 0 atom stereocenters. The second kappa shape index (κ2) is 4.90. The zero-order valence-corrected chi connectivity index (χ0v) is 11.8. The zero-order chi connectivity index (χ0) is 13.3. The SMILES string of the molecule is CC(=O)N=c1sc(C)c(-c2ccc(C)cc2)n1C. The van der Waals surface area contributed by atoms with Crippen LogP contribution in [0.2, 0.25) is 0 Å². The van der Waals surface area contributed by atoms with Crippen molar-refractivity contribution in [1.82, 2.24) is 4.57 Å². The van der Waals surface area contributed by atoms with Gasteiger partial charge in [0, 0.05) is 18.8 Å². The second-order valence-electron chi connectivity index (χ2n) is 4.35. The first-order valence-electron chi connectivity index (χ1n) is 5.78. The van der Waals surface area contributed by atoms with Gasteiger partial charge in [0.1, 0.15) is 0 Å². The molecule has 1 aromatic heterocycles. The number of aromatic nitrogens is 1. The minimum absolute atomic E-state index is 0.165. The summed E-state index contributed by atoms with van der Waals surface area (Å²) in [6, 6.07) is 8.38. The van der Waals surface area contributed by atoms with Crippen LogP contribution >= 0.6 is 11.3 Å². The van der Waals surface area contributed by atoms with E-state index in [1.807, 2.05) is 11.6 Å². The lowest BCUT2D eigenvalue weighted by atomic mass is 10.1. The molecule has 0 aliphatic rings. The van der Waals surface area contributed by atoms with E-state index in [4.69, 9.17) is 0 Å². The lowest BCUT2D eigenvalue weighted by Crippen LogP contribution is -2.13. The van der Waals surface area contributed by atoms with E-state index < -0.39 is 0 Å². The molecule has 0 saturated carbocycles. The maximum atomic E-state index is 11.1. The third kappa shape index (κ3) is 2.43. The van der Waals surface area contributed by atoms with E-state index in [2.05, 4.69) is 43.1 Å². The van der Waals surface area contributed by atoms with Crippen molar-refractivity contribution in [1.29, 1.82) is 0 Å². The maximum absolute atomic E-state index is 11.1. The van der Waals surface area contributed by atoms with Gasteiger partial charge in [-0.1, -0.05) is 29.8 Å². The van der Waals surface area contributed by atoms with Crippen molar-refractivity contribution in [2.24, 2.45) is 12.0 Å². The molecule has 1 heterocycles. The van der Waals surface area contributed by atoms with Crippen molar-refractivity contribution in [3.8, 4) is 11.3 Å². The Morgan fingerprint density at radius 1 is 1.22 bits per heavy atom. The molecule has 0 radical (unpaired) electrons. The molecule has 4 heteroatoms. The lowest BCUT2D eigenvalue weighted by Gasteiger charge is -2.05. The van der Waals surface area contributed by atoms with Crippen LogP contribution < -0.4 is 4.80 Å². The summed E-state index contributed by atoms with van der Waals surface area (Å²) in [7, 11) is 1.94. The Morgan fingerprint density at radius 3 is 2.39 bits per heavy atom. The molecule has 0 spiro atoms. The fraction of sp³-hybridized carbons (Fsp3) is 0.286. The van der Waals surface area contributed by atoms with E-state index >= 15 is 0 Å². The van der Waals surface area contributed by atoms with Crippen LogP contribution in [-0.4, -0.2) is 10.5 Å². The number of amides is 1. The molecule has 1 aromatic carbocycles. The molecule has 0 aliphatic carbocycles. The number of carbonyl (C=O) groups is 1. The van der Waals surface area contributed by atoms with E-state index in [0.29, 0.717) is 0 Å². The molecule has 0 fully saturated rings. The van der Waals surface area contributed by atoms with Gasteiger partial charge in [0.25, 0.3) is 0 Å². The monoisotopic (exact) mass is 260 g/mol. The Bertz CT molecular complexity index is 647. The number of hydrogen-bond acceptors (Lipinski definition) is 2. The number of carbonyl (C=O) groups excluding carboxylic acids is 1. The molecule has 94 valence electrons. The highest BCUT2D eigenvalue weighted by Crippen LogP contribution is 2.24.